The number of ether oxygens (including phenoxy) is 2. The molecule has 3 fully saturated rings. The molecular formula is C42H77N3O5. The van der Waals surface area contributed by atoms with Gasteiger partial charge in [-0.25, -0.2) is 0 Å². The summed E-state index contributed by atoms with van der Waals surface area (Å²) in [4.78, 5) is 23.9. The zero-order chi connectivity index (χ0) is 38.0. The van der Waals surface area contributed by atoms with Crippen molar-refractivity contribution in [1.29, 1.82) is 0 Å². The Morgan fingerprint density at radius 2 is 1.28 bits per heavy atom. The molecule has 8 heteroatoms. The number of hydrogen-bond acceptors (Lipinski definition) is 8. The molecule has 3 aliphatic rings. The van der Waals surface area contributed by atoms with Crippen LogP contribution in [-0.4, -0.2) is 69.8 Å². The first-order valence-corrected chi connectivity index (χ1v) is 19.6. The van der Waals surface area contributed by atoms with Crippen molar-refractivity contribution in [2.75, 3.05) is 20.3 Å². The van der Waals surface area contributed by atoms with Crippen molar-refractivity contribution in [3.05, 3.63) is 29.3 Å². The van der Waals surface area contributed by atoms with E-state index in [1.807, 2.05) is 13.8 Å². The summed E-state index contributed by atoms with van der Waals surface area (Å²) in [6.45, 7) is 31.7. The van der Waals surface area contributed by atoms with E-state index in [-0.39, 0.29) is 28.1 Å². The number of hydrogen-bond donors (Lipinski definition) is 1. The van der Waals surface area contributed by atoms with Gasteiger partial charge in [0.05, 0.1) is 20.3 Å². The van der Waals surface area contributed by atoms with Crippen molar-refractivity contribution >= 4 is 5.97 Å². The van der Waals surface area contributed by atoms with E-state index in [1.54, 1.807) is 7.11 Å². The normalized spacial score (nSPS) is 22.9. The van der Waals surface area contributed by atoms with Crippen LogP contribution in [0.3, 0.4) is 0 Å². The van der Waals surface area contributed by atoms with E-state index in [9.17, 15) is 4.79 Å². The summed E-state index contributed by atoms with van der Waals surface area (Å²) in [7, 11) is 1.77. The fourth-order valence-corrected chi connectivity index (χ4v) is 8.53. The maximum atomic E-state index is 12.2. The third kappa shape index (κ3) is 12.5. The highest BCUT2D eigenvalue weighted by Gasteiger charge is 2.61. The molecule has 0 atom stereocenters. The van der Waals surface area contributed by atoms with Crippen LogP contribution in [0.4, 0.5) is 0 Å². The lowest BCUT2D eigenvalue weighted by Gasteiger charge is -2.56. The SMILES string of the molecule is CCCCCCON1C(C)(C)CC2(CC1(C)C)NC(C)(C)C(=O)O2.CCCCCOc1ccc(C)cc1C.CON1C(C)(C)CCCC1(C)C. The molecule has 0 amide bonds. The zero-order valence-electron chi connectivity index (χ0n) is 35.1. The van der Waals surface area contributed by atoms with E-state index < -0.39 is 11.3 Å². The minimum atomic E-state index is -0.630. The van der Waals surface area contributed by atoms with Crippen molar-refractivity contribution in [3.63, 3.8) is 0 Å². The van der Waals surface area contributed by atoms with Gasteiger partial charge in [0.15, 0.2) is 5.72 Å². The van der Waals surface area contributed by atoms with Crippen LogP contribution in [0.25, 0.3) is 0 Å². The van der Waals surface area contributed by atoms with Crippen LogP contribution in [0, 0.1) is 13.8 Å². The molecule has 3 aliphatic heterocycles. The van der Waals surface area contributed by atoms with E-state index in [2.05, 4.69) is 117 Å². The van der Waals surface area contributed by atoms with Gasteiger partial charge in [-0.1, -0.05) is 63.6 Å². The highest BCUT2D eigenvalue weighted by atomic mass is 16.7. The topological polar surface area (TPSA) is 72.5 Å². The number of carbonyl (C=O) groups excluding carboxylic acids is 1. The molecule has 0 radical (unpaired) electrons. The predicted octanol–water partition coefficient (Wildman–Crippen LogP) is 10.2. The number of carbonyl (C=O) groups is 1. The smallest absolute Gasteiger partial charge is 0.327 e. The lowest BCUT2D eigenvalue weighted by atomic mass is 9.76. The molecule has 1 spiro atoms. The van der Waals surface area contributed by atoms with E-state index in [1.165, 1.54) is 62.5 Å². The first-order valence-electron chi connectivity index (χ1n) is 19.6. The maximum Gasteiger partial charge on any atom is 0.327 e. The number of nitrogens with zero attached hydrogens (tertiary/aromatic N) is 2. The van der Waals surface area contributed by atoms with Gasteiger partial charge >= 0.3 is 5.97 Å². The molecule has 1 N–H and O–H groups in total. The molecular weight excluding hydrogens is 626 g/mol. The Balaban J connectivity index is 0.000000283. The maximum absolute atomic E-state index is 12.2. The van der Waals surface area contributed by atoms with Crippen LogP contribution in [0.5, 0.6) is 5.75 Å². The largest absolute Gasteiger partial charge is 0.493 e. The second-order valence-corrected chi connectivity index (χ2v) is 18.1. The monoisotopic (exact) mass is 704 g/mol. The van der Waals surface area contributed by atoms with Crippen molar-refractivity contribution in [3.8, 4) is 5.75 Å². The summed E-state index contributed by atoms with van der Waals surface area (Å²) >= 11 is 0. The van der Waals surface area contributed by atoms with Gasteiger partial charge in [-0.2, -0.15) is 10.1 Å². The van der Waals surface area contributed by atoms with Crippen LogP contribution in [0.15, 0.2) is 18.2 Å². The van der Waals surface area contributed by atoms with Crippen molar-refractivity contribution in [1.82, 2.24) is 15.4 Å². The van der Waals surface area contributed by atoms with E-state index in [0.717, 1.165) is 31.8 Å². The van der Waals surface area contributed by atoms with Gasteiger partial charge in [0.1, 0.15) is 11.3 Å². The fourth-order valence-electron chi connectivity index (χ4n) is 8.53. The lowest BCUT2D eigenvalue weighted by Crippen LogP contribution is -2.68. The van der Waals surface area contributed by atoms with Gasteiger partial charge in [0.25, 0.3) is 0 Å². The molecule has 0 saturated carbocycles. The third-order valence-corrected chi connectivity index (χ3v) is 10.3. The summed E-state index contributed by atoms with van der Waals surface area (Å²) < 4.78 is 11.5. The Labute approximate surface area is 307 Å². The lowest BCUT2D eigenvalue weighted by molar-refractivity contribution is -0.306. The van der Waals surface area contributed by atoms with Gasteiger partial charge < -0.3 is 14.3 Å². The van der Waals surface area contributed by atoms with Crippen molar-refractivity contribution in [2.45, 2.75) is 207 Å². The van der Waals surface area contributed by atoms with Crippen molar-refractivity contribution in [2.24, 2.45) is 0 Å². The third-order valence-electron chi connectivity index (χ3n) is 10.3. The first kappa shape index (κ1) is 44.5. The van der Waals surface area contributed by atoms with Crippen LogP contribution in [0.1, 0.15) is 171 Å². The summed E-state index contributed by atoms with van der Waals surface area (Å²) in [6.07, 6.45) is 13.6. The average molecular weight is 704 g/mol. The molecule has 3 saturated heterocycles. The van der Waals surface area contributed by atoms with Gasteiger partial charge in [0, 0.05) is 35.0 Å². The molecule has 0 aliphatic carbocycles. The Morgan fingerprint density at radius 1 is 0.740 bits per heavy atom. The first-order chi connectivity index (χ1) is 23.1. The minimum absolute atomic E-state index is 0.164. The van der Waals surface area contributed by atoms with Gasteiger partial charge in [0.2, 0.25) is 0 Å². The molecule has 0 aromatic heterocycles. The Morgan fingerprint density at radius 3 is 1.74 bits per heavy atom. The van der Waals surface area contributed by atoms with Crippen LogP contribution >= 0.6 is 0 Å². The fraction of sp³-hybridized carbons (Fsp3) is 0.833. The van der Waals surface area contributed by atoms with Crippen molar-refractivity contribution < 1.29 is 23.9 Å². The van der Waals surface area contributed by atoms with E-state index in [0.29, 0.717) is 12.8 Å². The van der Waals surface area contributed by atoms with Gasteiger partial charge in [-0.05, 0) is 127 Å². The summed E-state index contributed by atoms with van der Waals surface area (Å²) in [5.41, 5.74) is 1.24. The number of rotatable bonds is 12. The molecule has 0 bridgehead atoms. The molecule has 8 nitrogen and oxygen atoms in total. The van der Waals surface area contributed by atoms with E-state index >= 15 is 0 Å². The molecule has 1 aromatic rings. The highest BCUT2D eigenvalue weighted by molar-refractivity contribution is 5.82. The average Bonchev–Trinajstić information content (AvgIpc) is 3.18. The highest BCUT2D eigenvalue weighted by Crippen LogP contribution is 2.47. The summed E-state index contributed by atoms with van der Waals surface area (Å²) in [6, 6.07) is 6.33. The summed E-state index contributed by atoms with van der Waals surface area (Å²) in [5.74, 6) is 0.870. The number of piperidine rings is 2. The Kier molecular flexibility index (Phi) is 16.3. The standard InChI is InChI=1S/C19H36N2O3.C13H20O.C10H21NO/c1-8-9-10-11-12-23-21-16(2,3)13-19(14-17(21,4)5)20-18(6,7)15(22)24-19;1-4-5-6-9-14-13-8-7-11(2)10-12(13)3;1-9(2)7-6-8-10(3,4)11(9)12-5/h20H,8-14H2,1-7H3;7-8,10H,4-6,9H2,1-3H3;6-8H2,1-5H3. The number of esters is 1. The minimum Gasteiger partial charge on any atom is -0.493 e. The molecule has 50 heavy (non-hydrogen) atoms. The van der Waals surface area contributed by atoms with Gasteiger partial charge in [-0.3, -0.25) is 14.9 Å². The second kappa shape index (κ2) is 18.4. The predicted molar refractivity (Wildman–Crippen MR) is 207 cm³/mol. The molecule has 290 valence electrons. The quantitative estimate of drug-likeness (QED) is 0.170. The molecule has 3 heterocycles. The molecule has 4 rings (SSSR count). The number of hydroxylamine groups is 4. The van der Waals surface area contributed by atoms with Crippen LogP contribution in [0.2, 0.25) is 0 Å². The Bertz CT molecular complexity index is 1160. The number of benzene rings is 1. The number of aryl methyl sites for hydroxylation is 2. The summed E-state index contributed by atoms with van der Waals surface area (Å²) in [5, 5.41) is 7.74. The van der Waals surface area contributed by atoms with Crippen LogP contribution in [-0.2, 0) is 19.2 Å². The molecule has 1 aromatic carbocycles. The number of nitrogens with one attached hydrogen (secondary N) is 1. The Hall–Kier alpha value is -1.71. The van der Waals surface area contributed by atoms with Gasteiger partial charge in [-0.15, -0.1) is 0 Å². The second-order valence-electron chi connectivity index (χ2n) is 18.1. The molecule has 0 unspecified atom stereocenters. The van der Waals surface area contributed by atoms with E-state index in [4.69, 9.17) is 19.1 Å². The van der Waals surface area contributed by atoms with Crippen LogP contribution < -0.4 is 10.1 Å². The number of unbranched alkanes of at least 4 members (excludes halogenated alkanes) is 5. The zero-order valence-corrected chi connectivity index (χ0v) is 35.1.